The van der Waals surface area contributed by atoms with Crippen LogP contribution in [0.5, 0.6) is 11.5 Å². The van der Waals surface area contributed by atoms with Gasteiger partial charge in [0.15, 0.2) is 0 Å². The lowest BCUT2D eigenvalue weighted by Gasteiger charge is -2.27. The molecule has 122 valence electrons. The Morgan fingerprint density at radius 2 is 1.91 bits per heavy atom. The van der Waals surface area contributed by atoms with Crippen LogP contribution < -0.4 is 14.8 Å². The SMILES string of the molecule is CCOc1ccc(OCC)c(CCC(=O)N2CCNCC2)c1. The Labute approximate surface area is 132 Å². The number of amides is 1. The average molecular weight is 306 g/mol. The van der Waals surface area contributed by atoms with Gasteiger partial charge in [0, 0.05) is 32.6 Å². The predicted octanol–water partition coefficient (Wildman–Crippen LogP) is 1.85. The van der Waals surface area contributed by atoms with Crippen LogP contribution in [0.1, 0.15) is 25.8 Å². The monoisotopic (exact) mass is 306 g/mol. The quantitative estimate of drug-likeness (QED) is 0.835. The van der Waals surface area contributed by atoms with Crippen molar-refractivity contribution in [3.8, 4) is 11.5 Å². The lowest BCUT2D eigenvalue weighted by molar-refractivity contribution is -0.131. The van der Waals surface area contributed by atoms with Gasteiger partial charge in [-0.3, -0.25) is 4.79 Å². The van der Waals surface area contributed by atoms with Crippen molar-refractivity contribution in [1.29, 1.82) is 0 Å². The Morgan fingerprint density at radius 1 is 1.18 bits per heavy atom. The van der Waals surface area contributed by atoms with Crippen LogP contribution in [-0.2, 0) is 11.2 Å². The second kappa shape index (κ2) is 8.63. The van der Waals surface area contributed by atoms with E-state index in [1.54, 1.807) is 0 Å². The van der Waals surface area contributed by atoms with Crippen LogP contribution in [-0.4, -0.2) is 50.2 Å². The zero-order valence-corrected chi connectivity index (χ0v) is 13.6. The van der Waals surface area contributed by atoms with E-state index in [2.05, 4.69) is 5.32 Å². The highest BCUT2D eigenvalue weighted by Crippen LogP contribution is 2.26. The third-order valence-electron chi connectivity index (χ3n) is 3.72. The molecule has 0 unspecified atom stereocenters. The molecule has 0 radical (unpaired) electrons. The number of carbonyl (C=O) groups excluding carboxylic acids is 1. The number of rotatable bonds is 7. The van der Waals surface area contributed by atoms with Gasteiger partial charge in [-0.15, -0.1) is 0 Å². The summed E-state index contributed by atoms with van der Waals surface area (Å²) in [6, 6.07) is 5.83. The van der Waals surface area contributed by atoms with Gasteiger partial charge in [0.2, 0.25) is 5.91 Å². The lowest BCUT2D eigenvalue weighted by atomic mass is 10.1. The van der Waals surface area contributed by atoms with E-state index in [0.717, 1.165) is 43.2 Å². The molecule has 5 heteroatoms. The molecule has 2 rings (SSSR count). The zero-order chi connectivity index (χ0) is 15.8. The molecule has 0 saturated carbocycles. The standard InChI is InChI=1S/C17H26N2O3/c1-3-21-15-6-7-16(22-4-2)14(13-15)5-8-17(20)19-11-9-18-10-12-19/h6-7,13,18H,3-5,8-12H2,1-2H3. The fourth-order valence-corrected chi connectivity index (χ4v) is 2.62. The minimum absolute atomic E-state index is 0.214. The van der Waals surface area contributed by atoms with Gasteiger partial charge < -0.3 is 19.7 Å². The molecule has 5 nitrogen and oxygen atoms in total. The summed E-state index contributed by atoms with van der Waals surface area (Å²) in [5, 5.41) is 3.26. The van der Waals surface area contributed by atoms with E-state index in [1.165, 1.54) is 0 Å². The summed E-state index contributed by atoms with van der Waals surface area (Å²) in [6.07, 6.45) is 1.19. The highest BCUT2D eigenvalue weighted by Gasteiger charge is 2.17. The summed E-state index contributed by atoms with van der Waals surface area (Å²) in [6.45, 7) is 8.55. The van der Waals surface area contributed by atoms with Crippen LogP contribution >= 0.6 is 0 Å². The highest BCUT2D eigenvalue weighted by molar-refractivity contribution is 5.76. The van der Waals surface area contributed by atoms with Gasteiger partial charge >= 0.3 is 0 Å². The number of piperazine rings is 1. The Bertz CT molecular complexity index is 485. The van der Waals surface area contributed by atoms with Crippen molar-refractivity contribution in [2.75, 3.05) is 39.4 Å². The maximum Gasteiger partial charge on any atom is 0.222 e. The van der Waals surface area contributed by atoms with Crippen LogP contribution in [0.2, 0.25) is 0 Å². The second-order valence-electron chi connectivity index (χ2n) is 5.27. The Kier molecular flexibility index (Phi) is 6.52. The minimum Gasteiger partial charge on any atom is -0.494 e. The molecular weight excluding hydrogens is 280 g/mol. The van der Waals surface area contributed by atoms with Gasteiger partial charge in [-0.1, -0.05) is 0 Å². The van der Waals surface area contributed by atoms with E-state index in [1.807, 2.05) is 36.9 Å². The first-order valence-electron chi connectivity index (χ1n) is 8.11. The molecule has 1 amide bonds. The van der Waals surface area contributed by atoms with Crippen molar-refractivity contribution in [1.82, 2.24) is 10.2 Å². The first-order chi connectivity index (χ1) is 10.7. The first kappa shape index (κ1) is 16.6. The molecule has 1 aromatic rings. The third kappa shape index (κ3) is 4.63. The molecule has 1 saturated heterocycles. The van der Waals surface area contributed by atoms with E-state index < -0.39 is 0 Å². The molecule has 22 heavy (non-hydrogen) atoms. The molecule has 0 atom stereocenters. The molecule has 0 spiro atoms. The van der Waals surface area contributed by atoms with Crippen LogP contribution in [0.25, 0.3) is 0 Å². The number of nitrogens with zero attached hydrogens (tertiary/aromatic N) is 1. The minimum atomic E-state index is 0.214. The fourth-order valence-electron chi connectivity index (χ4n) is 2.62. The van der Waals surface area contributed by atoms with Crippen molar-refractivity contribution >= 4 is 5.91 Å². The number of ether oxygens (including phenoxy) is 2. The van der Waals surface area contributed by atoms with Crippen molar-refractivity contribution in [2.24, 2.45) is 0 Å². The molecule has 1 aromatic carbocycles. The summed E-state index contributed by atoms with van der Waals surface area (Å²) in [5.74, 6) is 1.89. The molecule has 1 fully saturated rings. The number of hydrogen-bond acceptors (Lipinski definition) is 4. The normalized spacial score (nSPS) is 14.7. The molecule has 0 aliphatic carbocycles. The van der Waals surface area contributed by atoms with E-state index in [4.69, 9.17) is 9.47 Å². The summed E-state index contributed by atoms with van der Waals surface area (Å²) in [4.78, 5) is 14.2. The largest absolute Gasteiger partial charge is 0.494 e. The van der Waals surface area contributed by atoms with Gasteiger partial charge in [0.25, 0.3) is 0 Å². The summed E-state index contributed by atoms with van der Waals surface area (Å²) in [7, 11) is 0. The second-order valence-corrected chi connectivity index (χ2v) is 5.27. The Balaban J connectivity index is 1.99. The van der Waals surface area contributed by atoms with Crippen molar-refractivity contribution in [3.63, 3.8) is 0 Å². The van der Waals surface area contributed by atoms with Gasteiger partial charge in [0.05, 0.1) is 13.2 Å². The van der Waals surface area contributed by atoms with E-state index in [0.29, 0.717) is 26.1 Å². The predicted molar refractivity (Wildman–Crippen MR) is 86.6 cm³/mol. The van der Waals surface area contributed by atoms with E-state index in [9.17, 15) is 4.79 Å². The van der Waals surface area contributed by atoms with Gasteiger partial charge in [-0.05, 0) is 44.0 Å². The van der Waals surface area contributed by atoms with E-state index in [-0.39, 0.29) is 5.91 Å². The number of hydrogen-bond donors (Lipinski definition) is 1. The molecule has 1 heterocycles. The van der Waals surface area contributed by atoms with Crippen molar-refractivity contribution < 1.29 is 14.3 Å². The van der Waals surface area contributed by atoms with Crippen molar-refractivity contribution in [3.05, 3.63) is 23.8 Å². The maximum atomic E-state index is 12.3. The smallest absolute Gasteiger partial charge is 0.222 e. The fraction of sp³-hybridized carbons (Fsp3) is 0.588. The molecule has 0 aromatic heterocycles. The Hall–Kier alpha value is -1.75. The van der Waals surface area contributed by atoms with Gasteiger partial charge in [-0.2, -0.15) is 0 Å². The number of aryl methyl sites for hydroxylation is 1. The topological polar surface area (TPSA) is 50.8 Å². The Morgan fingerprint density at radius 3 is 2.59 bits per heavy atom. The van der Waals surface area contributed by atoms with Crippen LogP contribution in [0.4, 0.5) is 0 Å². The summed E-state index contributed by atoms with van der Waals surface area (Å²) in [5.41, 5.74) is 1.04. The number of nitrogens with one attached hydrogen (secondary N) is 1. The molecule has 1 aliphatic heterocycles. The van der Waals surface area contributed by atoms with Crippen LogP contribution in [0, 0.1) is 0 Å². The molecule has 1 aliphatic rings. The molecular formula is C17H26N2O3. The highest BCUT2D eigenvalue weighted by atomic mass is 16.5. The maximum absolute atomic E-state index is 12.3. The zero-order valence-electron chi connectivity index (χ0n) is 13.6. The first-order valence-corrected chi connectivity index (χ1v) is 8.11. The van der Waals surface area contributed by atoms with Gasteiger partial charge in [-0.25, -0.2) is 0 Å². The molecule has 1 N–H and O–H groups in total. The van der Waals surface area contributed by atoms with Gasteiger partial charge in [0.1, 0.15) is 11.5 Å². The summed E-state index contributed by atoms with van der Waals surface area (Å²) < 4.78 is 11.2. The van der Waals surface area contributed by atoms with Crippen molar-refractivity contribution in [2.45, 2.75) is 26.7 Å². The average Bonchev–Trinajstić information content (AvgIpc) is 2.56. The van der Waals surface area contributed by atoms with Crippen LogP contribution in [0.3, 0.4) is 0 Å². The number of benzene rings is 1. The van der Waals surface area contributed by atoms with Crippen LogP contribution in [0.15, 0.2) is 18.2 Å². The lowest BCUT2D eigenvalue weighted by Crippen LogP contribution is -2.46. The number of carbonyl (C=O) groups is 1. The third-order valence-corrected chi connectivity index (χ3v) is 3.72. The van der Waals surface area contributed by atoms with E-state index >= 15 is 0 Å². The molecule has 0 bridgehead atoms. The summed E-state index contributed by atoms with van der Waals surface area (Å²) >= 11 is 0.